The number of ether oxygens (including phenoxy) is 1. The summed E-state index contributed by atoms with van der Waals surface area (Å²) in [6, 6.07) is 57.0. The molecule has 2 aliphatic rings. The molecular formula is C41H26O. The minimum Gasteiger partial charge on any atom is -0.457 e. The van der Waals surface area contributed by atoms with Gasteiger partial charge in [-0.3, -0.25) is 0 Å². The number of rotatable bonds is 2. The summed E-state index contributed by atoms with van der Waals surface area (Å²) in [7, 11) is 0. The first-order valence-corrected chi connectivity index (χ1v) is 14.5. The van der Waals surface area contributed by atoms with Crippen molar-refractivity contribution < 1.29 is 4.74 Å². The largest absolute Gasteiger partial charge is 0.457 e. The molecule has 0 unspecified atom stereocenters. The van der Waals surface area contributed by atoms with Crippen molar-refractivity contribution in [3.63, 3.8) is 0 Å². The molecular weight excluding hydrogens is 508 g/mol. The highest BCUT2D eigenvalue weighted by Crippen LogP contribution is 2.62. The second-order valence-electron chi connectivity index (χ2n) is 11.2. The lowest BCUT2D eigenvalue weighted by molar-refractivity contribution is 0.436. The first kappa shape index (κ1) is 23.3. The van der Waals surface area contributed by atoms with Crippen molar-refractivity contribution in [2.75, 3.05) is 0 Å². The van der Waals surface area contributed by atoms with E-state index in [4.69, 9.17) is 4.74 Å². The average molecular weight is 535 g/mol. The van der Waals surface area contributed by atoms with Crippen LogP contribution in [0.25, 0.3) is 44.2 Å². The molecule has 0 bridgehead atoms. The quantitative estimate of drug-likeness (QED) is 0.214. The topological polar surface area (TPSA) is 9.23 Å². The van der Waals surface area contributed by atoms with E-state index in [1.807, 2.05) is 0 Å². The Morgan fingerprint density at radius 2 is 0.905 bits per heavy atom. The van der Waals surface area contributed by atoms with E-state index in [1.165, 1.54) is 60.8 Å². The van der Waals surface area contributed by atoms with Crippen molar-refractivity contribution in [2.24, 2.45) is 0 Å². The van der Waals surface area contributed by atoms with E-state index >= 15 is 0 Å². The van der Waals surface area contributed by atoms with Crippen LogP contribution in [0, 0.1) is 0 Å². The molecule has 1 spiro atoms. The molecule has 9 rings (SSSR count). The maximum absolute atomic E-state index is 6.77. The Balaban J connectivity index is 1.30. The Kier molecular flexibility index (Phi) is 4.88. The summed E-state index contributed by atoms with van der Waals surface area (Å²) in [6.07, 6.45) is 0. The van der Waals surface area contributed by atoms with Crippen LogP contribution in [0.15, 0.2) is 158 Å². The minimum absolute atomic E-state index is 0.439. The van der Waals surface area contributed by atoms with Gasteiger partial charge in [0.1, 0.15) is 11.5 Å². The molecule has 7 aromatic carbocycles. The van der Waals surface area contributed by atoms with E-state index in [9.17, 15) is 0 Å². The maximum Gasteiger partial charge on any atom is 0.132 e. The van der Waals surface area contributed by atoms with Crippen molar-refractivity contribution in [2.45, 2.75) is 5.41 Å². The fourth-order valence-electron chi connectivity index (χ4n) is 7.46. The molecule has 1 heteroatoms. The summed E-state index contributed by atoms with van der Waals surface area (Å²) in [5.74, 6) is 1.82. The van der Waals surface area contributed by atoms with Crippen LogP contribution in [0.2, 0.25) is 0 Å². The molecule has 0 N–H and O–H groups in total. The molecule has 0 saturated heterocycles. The van der Waals surface area contributed by atoms with Crippen molar-refractivity contribution >= 4 is 10.8 Å². The van der Waals surface area contributed by atoms with Gasteiger partial charge in [0, 0.05) is 11.1 Å². The van der Waals surface area contributed by atoms with Gasteiger partial charge in [-0.2, -0.15) is 0 Å². The lowest BCUT2D eigenvalue weighted by Gasteiger charge is -2.39. The number of fused-ring (bicyclic) bond motifs is 10. The fraction of sp³-hybridized carbons (Fsp3) is 0.0244. The van der Waals surface area contributed by atoms with E-state index in [0.29, 0.717) is 0 Å². The van der Waals surface area contributed by atoms with Crippen LogP contribution in [0.4, 0.5) is 0 Å². The zero-order valence-electron chi connectivity index (χ0n) is 22.9. The lowest BCUT2D eigenvalue weighted by Crippen LogP contribution is -2.32. The summed E-state index contributed by atoms with van der Waals surface area (Å²) in [6.45, 7) is 0. The van der Waals surface area contributed by atoms with Crippen LogP contribution in [0.1, 0.15) is 22.3 Å². The van der Waals surface area contributed by atoms with E-state index in [2.05, 4.69) is 158 Å². The standard InChI is InChI=1S/C41H26O/c1-2-14-29-27(12-1)13-11-19-32(29)31-16-4-3-15-30(31)28-24-25-38-40(26-28)42-39-23-10-9-22-37(39)41(38)35-20-7-5-17-33(35)34-18-6-8-21-36(34)41/h1-26H. The normalized spacial score (nSPS) is 13.6. The third-order valence-corrected chi connectivity index (χ3v) is 9.17. The number of hydrogen-bond acceptors (Lipinski definition) is 1. The van der Waals surface area contributed by atoms with Crippen molar-refractivity contribution in [3.8, 4) is 44.9 Å². The second kappa shape index (κ2) is 8.80. The Hall–Kier alpha value is -5.40. The third kappa shape index (κ3) is 3.08. The Bertz CT molecular complexity index is 2140. The zero-order chi connectivity index (χ0) is 27.7. The molecule has 0 atom stereocenters. The van der Waals surface area contributed by atoms with E-state index in [-0.39, 0.29) is 0 Å². The highest BCUT2D eigenvalue weighted by atomic mass is 16.5. The van der Waals surface area contributed by atoms with Gasteiger partial charge in [-0.25, -0.2) is 0 Å². The highest BCUT2D eigenvalue weighted by Gasteiger charge is 2.50. The molecule has 0 amide bonds. The molecule has 0 radical (unpaired) electrons. The summed E-state index contributed by atoms with van der Waals surface area (Å²) >= 11 is 0. The van der Waals surface area contributed by atoms with E-state index < -0.39 is 5.41 Å². The van der Waals surface area contributed by atoms with Crippen LogP contribution in [-0.4, -0.2) is 0 Å². The van der Waals surface area contributed by atoms with Crippen LogP contribution in [0.3, 0.4) is 0 Å². The van der Waals surface area contributed by atoms with E-state index in [0.717, 1.165) is 17.1 Å². The van der Waals surface area contributed by atoms with Crippen LogP contribution < -0.4 is 4.74 Å². The lowest BCUT2D eigenvalue weighted by atomic mass is 9.66. The molecule has 1 aliphatic carbocycles. The summed E-state index contributed by atoms with van der Waals surface area (Å²) in [5.41, 5.74) is 11.9. The van der Waals surface area contributed by atoms with Gasteiger partial charge in [0.25, 0.3) is 0 Å². The van der Waals surface area contributed by atoms with Gasteiger partial charge < -0.3 is 4.74 Å². The Labute approximate surface area is 245 Å². The van der Waals surface area contributed by atoms with Gasteiger partial charge in [0.15, 0.2) is 0 Å². The van der Waals surface area contributed by atoms with Crippen molar-refractivity contribution in [1.29, 1.82) is 0 Å². The predicted octanol–water partition coefficient (Wildman–Crippen LogP) is 10.6. The summed E-state index contributed by atoms with van der Waals surface area (Å²) in [5, 5.41) is 2.50. The highest BCUT2D eigenvalue weighted by molar-refractivity contribution is 6.00. The van der Waals surface area contributed by atoms with Gasteiger partial charge in [0.05, 0.1) is 5.41 Å². The smallest absolute Gasteiger partial charge is 0.132 e. The molecule has 0 aromatic heterocycles. The first-order valence-electron chi connectivity index (χ1n) is 14.5. The minimum atomic E-state index is -0.439. The number of hydrogen-bond donors (Lipinski definition) is 0. The predicted molar refractivity (Wildman–Crippen MR) is 172 cm³/mol. The van der Waals surface area contributed by atoms with Crippen LogP contribution in [0.5, 0.6) is 11.5 Å². The maximum atomic E-state index is 6.77. The van der Waals surface area contributed by atoms with Gasteiger partial charge in [-0.1, -0.05) is 146 Å². The molecule has 0 saturated carbocycles. The SMILES string of the molecule is c1ccc2c(c1)Oc1cc(-c3ccccc3-c3cccc4ccccc34)ccc1C21c2ccccc2-c2ccccc21. The van der Waals surface area contributed by atoms with Crippen LogP contribution >= 0.6 is 0 Å². The zero-order valence-corrected chi connectivity index (χ0v) is 22.9. The number of benzene rings is 7. The molecule has 1 heterocycles. The van der Waals surface area contributed by atoms with Gasteiger partial charge >= 0.3 is 0 Å². The van der Waals surface area contributed by atoms with Crippen molar-refractivity contribution in [1.82, 2.24) is 0 Å². The third-order valence-electron chi connectivity index (χ3n) is 9.17. The molecule has 42 heavy (non-hydrogen) atoms. The Morgan fingerprint density at radius 1 is 0.357 bits per heavy atom. The average Bonchev–Trinajstić information content (AvgIpc) is 3.35. The summed E-state index contributed by atoms with van der Waals surface area (Å²) < 4.78 is 6.77. The molecule has 7 aromatic rings. The molecule has 196 valence electrons. The van der Waals surface area contributed by atoms with Gasteiger partial charge in [-0.15, -0.1) is 0 Å². The molecule has 1 nitrogen and oxygen atoms in total. The van der Waals surface area contributed by atoms with E-state index in [1.54, 1.807) is 0 Å². The van der Waals surface area contributed by atoms with Crippen molar-refractivity contribution in [3.05, 3.63) is 180 Å². The van der Waals surface area contributed by atoms with Gasteiger partial charge in [0.2, 0.25) is 0 Å². The summed E-state index contributed by atoms with van der Waals surface area (Å²) in [4.78, 5) is 0. The van der Waals surface area contributed by atoms with Gasteiger partial charge in [-0.05, 0) is 67.4 Å². The van der Waals surface area contributed by atoms with Crippen LogP contribution in [-0.2, 0) is 5.41 Å². The number of para-hydroxylation sites is 1. The first-order chi connectivity index (χ1) is 20.8. The molecule has 1 aliphatic heterocycles. The molecule has 0 fully saturated rings. The second-order valence-corrected chi connectivity index (χ2v) is 11.2. The Morgan fingerprint density at radius 3 is 1.69 bits per heavy atom. The fourth-order valence-corrected chi connectivity index (χ4v) is 7.46. The monoisotopic (exact) mass is 534 g/mol.